The van der Waals surface area contributed by atoms with Gasteiger partial charge in [-0.15, -0.1) is 10.2 Å². The summed E-state index contributed by atoms with van der Waals surface area (Å²) in [5, 5.41) is 27.8. The lowest BCUT2D eigenvalue weighted by Gasteiger charge is -2.10. The average Bonchev–Trinajstić information content (AvgIpc) is 3.02. The first kappa shape index (κ1) is 13.1. The Morgan fingerprint density at radius 1 is 1.30 bits per heavy atom. The highest BCUT2D eigenvalue weighted by Crippen LogP contribution is 2.27. The van der Waals surface area contributed by atoms with Crippen LogP contribution in [0.25, 0.3) is 5.69 Å². The van der Waals surface area contributed by atoms with Crippen molar-refractivity contribution in [2.75, 3.05) is 12.4 Å². The molecular formula is C13H10N6O. The van der Waals surface area contributed by atoms with Crippen molar-refractivity contribution in [2.45, 2.75) is 0 Å². The Kier molecular flexibility index (Phi) is 3.95. The van der Waals surface area contributed by atoms with Gasteiger partial charge in [-0.05, 0) is 18.2 Å². The summed E-state index contributed by atoms with van der Waals surface area (Å²) >= 11 is 0. The number of nitrogens with one attached hydrogen (secondary N) is 1. The summed E-state index contributed by atoms with van der Waals surface area (Å²) in [6.45, 7) is 0. The zero-order valence-electron chi connectivity index (χ0n) is 10.6. The Labute approximate surface area is 115 Å². The van der Waals surface area contributed by atoms with Gasteiger partial charge in [-0.1, -0.05) is 0 Å². The smallest absolute Gasteiger partial charge is 0.145 e. The maximum atomic E-state index is 8.70. The summed E-state index contributed by atoms with van der Waals surface area (Å²) < 4.78 is 6.95. The quantitative estimate of drug-likeness (QED) is 0.844. The Hall–Kier alpha value is -3.32. The predicted molar refractivity (Wildman–Crippen MR) is 70.8 cm³/mol. The second kappa shape index (κ2) is 6.03. The van der Waals surface area contributed by atoms with Crippen LogP contribution in [0.4, 0.5) is 5.69 Å². The summed E-state index contributed by atoms with van der Waals surface area (Å²) in [7, 11) is 1.54. The third-order valence-corrected chi connectivity index (χ3v) is 2.51. The fourth-order valence-corrected chi connectivity index (χ4v) is 1.54. The van der Waals surface area contributed by atoms with Crippen LogP contribution in [0, 0.1) is 22.7 Å². The van der Waals surface area contributed by atoms with Gasteiger partial charge in [0.15, 0.2) is 0 Å². The number of hydrogen-bond acceptors (Lipinski definition) is 6. The Morgan fingerprint density at radius 2 is 2.00 bits per heavy atom. The van der Waals surface area contributed by atoms with E-state index < -0.39 is 0 Å². The van der Waals surface area contributed by atoms with E-state index in [1.807, 2.05) is 6.07 Å². The first-order chi connectivity index (χ1) is 9.78. The van der Waals surface area contributed by atoms with Crippen LogP contribution in [0.1, 0.15) is 0 Å². The molecule has 20 heavy (non-hydrogen) atoms. The maximum absolute atomic E-state index is 8.70. The molecule has 0 aliphatic carbocycles. The van der Waals surface area contributed by atoms with E-state index in [9.17, 15) is 0 Å². The van der Waals surface area contributed by atoms with Crippen LogP contribution >= 0.6 is 0 Å². The molecule has 0 unspecified atom stereocenters. The molecule has 0 fully saturated rings. The number of aromatic nitrogens is 3. The van der Waals surface area contributed by atoms with Gasteiger partial charge in [0.2, 0.25) is 0 Å². The number of benzene rings is 1. The summed E-state index contributed by atoms with van der Waals surface area (Å²) in [5.41, 5.74) is 1.42. The van der Waals surface area contributed by atoms with E-state index in [1.165, 1.54) is 13.3 Å². The van der Waals surface area contributed by atoms with Crippen molar-refractivity contribution in [1.29, 1.82) is 10.5 Å². The monoisotopic (exact) mass is 266 g/mol. The van der Waals surface area contributed by atoms with E-state index in [1.54, 1.807) is 41.5 Å². The molecule has 1 N–H and O–H groups in total. The molecule has 2 rings (SSSR count). The van der Waals surface area contributed by atoms with Crippen LogP contribution in [0.3, 0.4) is 0 Å². The van der Waals surface area contributed by atoms with Gasteiger partial charge in [-0.3, -0.25) is 4.57 Å². The Balaban J connectivity index is 2.36. The number of anilines is 1. The minimum Gasteiger partial charge on any atom is -0.495 e. The molecule has 0 atom stereocenters. The van der Waals surface area contributed by atoms with Gasteiger partial charge in [-0.2, -0.15) is 10.5 Å². The van der Waals surface area contributed by atoms with Gasteiger partial charge in [0, 0.05) is 6.20 Å². The molecule has 0 spiro atoms. The van der Waals surface area contributed by atoms with E-state index in [0.29, 0.717) is 11.4 Å². The van der Waals surface area contributed by atoms with Crippen molar-refractivity contribution in [1.82, 2.24) is 14.8 Å². The standard InChI is InChI=1S/C13H10N6O/c1-20-13-3-2-11(19-8-17-18-9-19)4-12(13)16-7-10(5-14)6-15/h2-4,7-9,16H,1H3. The molecule has 0 radical (unpaired) electrons. The number of ether oxygens (including phenoxy) is 1. The Morgan fingerprint density at radius 3 is 2.60 bits per heavy atom. The van der Waals surface area contributed by atoms with E-state index >= 15 is 0 Å². The van der Waals surface area contributed by atoms with Crippen molar-refractivity contribution in [2.24, 2.45) is 0 Å². The number of methoxy groups -OCH3 is 1. The lowest BCUT2D eigenvalue weighted by molar-refractivity contribution is 0.416. The predicted octanol–water partition coefficient (Wildman–Crippen LogP) is 1.62. The molecule has 2 aromatic rings. The zero-order chi connectivity index (χ0) is 14.4. The number of rotatable bonds is 4. The lowest BCUT2D eigenvalue weighted by Crippen LogP contribution is -1.97. The van der Waals surface area contributed by atoms with Crippen LogP contribution in [-0.4, -0.2) is 21.9 Å². The molecule has 1 heterocycles. The van der Waals surface area contributed by atoms with E-state index in [4.69, 9.17) is 15.3 Å². The van der Waals surface area contributed by atoms with Crippen molar-refractivity contribution in [3.8, 4) is 23.6 Å². The van der Waals surface area contributed by atoms with Gasteiger partial charge in [0.05, 0.1) is 18.5 Å². The summed E-state index contributed by atoms with van der Waals surface area (Å²) in [5.74, 6) is 0.591. The van der Waals surface area contributed by atoms with Gasteiger partial charge in [0.25, 0.3) is 0 Å². The molecule has 7 heteroatoms. The van der Waals surface area contributed by atoms with Crippen LogP contribution in [-0.2, 0) is 0 Å². The molecule has 7 nitrogen and oxygen atoms in total. The fraction of sp³-hybridized carbons (Fsp3) is 0.0769. The Bertz CT molecular complexity index is 689. The molecule has 0 bridgehead atoms. The van der Waals surface area contributed by atoms with Crippen molar-refractivity contribution < 1.29 is 4.74 Å². The van der Waals surface area contributed by atoms with Crippen molar-refractivity contribution in [3.63, 3.8) is 0 Å². The summed E-state index contributed by atoms with van der Waals surface area (Å²) in [6.07, 6.45) is 4.46. The number of nitriles is 2. The van der Waals surface area contributed by atoms with E-state index in [0.717, 1.165) is 5.69 Å². The fourth-order valence-electron chi connectivity index (χ4n) is 1.54. The highest BCUT2D eigenvalue weighted by molar-refractivity contribution is 5.63. The second-order valence-corrected chi connectivity index (χ2v) is 3.68. The van der Waals surface area contributed by atoms with E-state index in [-0.39, 0.29) is 5.57 Å². The summed E-state index contributed by atoms with van der Waals surface area (Å²) in [4.78, 5) is 0. The minimum absolute atomic E-state index is 0.0262. The largest absolute Gasteiger partial charge is 0.495 e. The number of hydrogen-bond donors (Lipinski definition) is 1. The second-order valence-electron chi connectivity index (χ2n) is 3.68. The van der Waals surface area contributed by atoms with Gasteiger partial charge >= 0.3 is 0 Å². The molecule has 0 amide bonds. The highest BCUT2D eigenvalue weighted by atomic mass is 16.5. The lowest BCUT2D eigenvalue weighted by atomic mass is 10.2. The molecule has 0 aliphatic rings. The van der Waals surface area contributed by atoms with Gasteiger partial charge in [-0.25, -0.2) is 0 Å². The molecular weight excluding hydrogens is 256 g/mol. The van der Waals surface area contributed by atoms with Crippen LogP contribution in [0.2, 0.25) is 0 Å². The third-order valence-electron chi connectivity index (χ3n) is 2.51. The van der Waals surface area contributed by atoms with Crippen LogP contribution in [0.15, 0.2) is 42.6 Å². The normalized spacial score (nSPS) is 9.15. The average molecular weight is 266 g/mol. The van der Waals surface area contributed by atoms with Gasteiger partial charge < -0.3 is 10.1 Å². The zero-order valence-corrected chi connectivity index (χ0v) is 10.6. The molecule has 98 valence electrons. The molecule has 0 saturated carbocycles. The third kappa shape index (κ3) is 2.74. The topological polar surface area (TPSA) is 99.5 Å². The summed E-state index contributed by atoms with van der Waals surface area (Å²) in [6, 6.07) is 8.95. The maximum Gasteiger partial charge on any atom is 0.145 e. The van der Waals surface area contributed by atoms with Crippen LogP contribution < -0.4 is 10.1 Å². The van der Waals surface area contributed by atoms with E-state index in [2.05, 4.69) is 15.5 Å². The number of nitrogens with zero attached hydrogens (tertiary/aromatic N) is 5. The first-order valence-electron chi connectivity index (χ1n) is 5.58. The minimum atomic E-state index is -0.0262. The van der Waals surface area contributed by atoms with Crippen LogP contribution in [0.5, 0.6) is 5.75 Å². The van der Waals surface area contributed by atoms with Crippen molar-refractivity contribution in [3.05, 3.63) is 42.6 Å². The molecule has 1 aromatic carbocycles. The SMILES string of the molecule is COc1ccc(-n2cnnc2)cc1NC=C(C#N)C#N. The molecule has 1 aromatic heterocycles. The van der Waals surface area contributed by atoms with Crippen molar-refractivity contribution >= 4 is 5.69 Å². The molecule has 0 aliphatic heterocycles. The molecule has 0 saturated heterocycles. The first-order valence-corrected chi connectivity index (χ1v) is 5.58. The highest BCUT2D eigenvalue weighted by Gasteiger charge is 2.05. The number of allylic oxidation sites excluding steroid dienone is 1. The van der Waals surface area contributed by atoms with Gasteiger partial charge in [0.1, 0.15) is 36.1 Å².